The van der Waals surface area contributed by atoms with Crippen LogP contribution in [-0.4, -0.2) is 32.0 Å². The molecular formula is C13H15BrFN3O2S2. The molecule has 120 valence electrons. The van der Waals surface area contributed by atoms with E-state index in [1.165, 1.54) is 11.1 Å². The second-order valence-electron chi connectivity index (χ2n) is 4.80. The lowest BCUT2D eigenvalue weighted by atomic mass is 10.2. The molecule has 0 aliphatic rings. The molecule has 0 radical (unpaired) electrons. The Balaban J connectivity index is 1.99. The van der Waals surface area contributed by atoms with Crippen molar-refractivity contribution < 1.29 is 12.3 Å². The Morgan fingerprint density at radius 2 is 2.14 bits per heavy atom. The van der Waals surface area contributed by atoms with Crippen LogP contribution in [0, 0.1) is 6.92 Å². The van der Waals surface area contributed by atoms with Crippen molar-refractivity contribution in [1.82, 2.24) is 9.97 Å². The molecule has 0 aliphatic carbocycles. The molecule has 0 bridgehead atoms. The summed E-state index contributed by atoms with van der Waals surface area (Å²) in [5.74, 6) is 0. The number of halogens is 2. The first kappa shape index (κ1) is 17.3. The van der Waals surface area contributed by atoms with Crippen molar-refractivity contribution in [3.8, 4) is 0 Å². The molecule has 0 amide bonds. The summed E-state index contributed by atoms with van der Waals surface area (Å²) in [6.07, 6.45) is 3.22. The molecule has 0 fully saturated rings. The molecule has 2 aromatic rings. The zero-order chi connectivity index (χ0) is 16.3. The van der Waals surface area contributed by atoms with E-state index in [1.807, 2.05) is 24.4 Å². The van der Waals surface area contributed by atoms with Gasteiger partial charge in [0.2, 0.25) is 5.03 Å². The lowest BCUT2D eigenvalue weighted by Gasteiger charge is -2.19. The van der Waals surface area contributed by atoms with E-state index in [4.69, 9.17) is 0 Å². The van der Waals surface area contributed by atoms with Gasteiger partial charge in [-0.25, -0.2) is 9.97 Å². The molecule has 5 nitrogen and oxygen atoms in total. The monoisotopic (exact) mass is 407 g/mol. The largest absolute Gasteiger partial charge is 0.373 e. The minimum absolute atomic E-state index is 0.123. The van der Waals surface area contributed by atoms with Gasteiger partial charge in [-0.1, -0.05) is 3.89 Å². The van der Waals surface area contributed by atoms with E-state index in [0.29, 0.717) is 0 Å². The minimum Gasteiger partial charge on any atom is -0.373 e. The maximum absolute atomic E-state index is 13.0. The van der Waals surface area contributed by atoms with Crippen LogP contribution in [0.2, 0.25) is 0 Å². The Morgan fingerprint density at radius 1 is 1.41 bits per heavy atom. The van der Waals surface area contributed by atoms with E-state index in [9.17, 15) is 12.3 Å². The van der Waals surface area contributed by atoms with Gasteiger partial charge in [-0.3, -0.25) is 0 Å². The van der Waals surface area contributed by atoms with E-state index >= 15 is 0 Å². The van der Waals surface area contributed by atoms with Gasteiger partial charge in [0.05, 0.1) is 27.6 Å². The van der Waals surface area contributed by atoms with Gasteiger partial charge in [0, 0.05) is 18.5 Å². The summed E-state index contributed by atoms with van der Waals surface area (Å²) in [6, 6.07) is 1.55. The van der Waals surface area contributed by atoms with Crippen LogP contribution in [0.5, 0.6) is 0 Å². The summed E-state index contributed by atoms with van der Waals surface area (Å²) in [5.41, 5.74) is 3.63. The minimum atomic E-state index is -4.81. The summed E-state index contributed by atoms with van der Waals surface area (Å²) in [5, 5.41) is -0.593. The molecule has 2 rings (SSSR count). The normalized spacial score (nSPS) is 11.6. The Labute approximate surface area is 141 Å². The maximum Gasteiger partial charge on any atom is 0.350 e. The highest BCUT2D eigenvalue weighted by atomic mass is 79.9. The smallest absolute Gasteiger partial charge is 0.350 e. The average Bonchev–Trinajstić information content (AvgIpc) is 2.82. The molecule has 0 aromatic carbocycles. The number of thiazole rings is 1. The summed E-state index contributed by atoms with van der Waals surface area (Å²) >= 11 is 4.69. The molecule has 22 heavy (non-hydrogen) atoms. The Kier molecular flexibility index (Phi) is 5.51. The van der Waals surface area contributed by atoms with Crippen molar-refractivity contribution in [2.24, 2.45) is 0 Å². The number of rotatable bonds is 6. The first-order chi connectivity index (χ1) is 10.3. The molecule has 0 N–H and O–H groups in total. The van der Waals surface area contributed by atoms with Crippen LogP contribution >= 0.6 is 27.3 Å². The van der Waals surface area contributed by atoms with Crippen molar-refractivity contribution >= 4 is 43.2 Å². The Bertz CT molecular complexity index is 764. The molecule has 9 heteroatoms. The van der Waals surface area contributed by atoms with Gasteiger partial charge in [-0.2, -0.15) is 8.42 Å². The lowest BCUT2D eigenvalue weighted by Crippen LogP contribution is -2.19. The number of pyridine rings is 1. The molecule has 0 aliphatic heterocycles. The number of nitrogens with zero attached hydrogens (tertiary/aromatic N) is 3. The summed E-state index contributed by atoms with van der Waals surface area (Å²) < 4.78 is 34.9. The van der Waals surface area contributed by atoms with Crippen molar-refractivity contribution in [1.29, 1.82) is 0 Å². The first-order valence-corrected chi connectivity index (χ1v) is 9.55. The third kappa shape index (κ3) is 4.23. The highest BCUT2D eigenvalue weighted by molar-refractivity contribution is 9.10. The molecule has 0 atom stereocenters. The zero-order valence-corrected chi connectivity index (χ0v) is 15.3. The average molecular weight is 408 g/mol. The Morgan fingerprint density at radius 3 is 2.68 bits per heavy atom. The van der Waals surface area contributed by atoms with Crippen LogP contribution in [-0.2, 0) is 16.6 Å². The molecular weight excluding hydrogens is 393 g/mol. The molecule has 0 saturated carbocycles. The number of hydrogen-bond acceptors (Lipinski definition) is 6. The lowest BCUT2D eigenvalue weighted by molar-refractivity contribution is 0.547. The second kappa shape index (κ2) is 7.01. The maximum atomic E-state index is 13.0. The molecule has 2 aromatic heterocycles. The van der Waals surface area contributed by atoms with E-state index in [-0.39, 0.29) is 4.47 Å². The predicted octanol–water partition coefficient (Wildman–Crippen LogP) is 3.34. The van der Waals surface area contributed by atoms with Gasteiger partial charge in [0.25, 0.3) is 0 Å². The van der Waals surface area contributed by atoms with E-state index < -0.39 is 15.2 Å². The fourth-order valence-electron chi connectivity index (χ4n) is 1.98. The van der Waals surface area contributed by atoms with Gasteiger partial charge < -0.3 is 4.90 Å². The number of anilines is 1. The van der Waals surface area contributed by atoms with Crippen molar-refractivity contribution in [2.75, 3.05) is 18.5 Å². The van der Waals surface area contributed by atoms with Crippen LogP contribution in [0.1, 0.15) is 17.0 Å². The van der Waals surface area contributed by atoms with Gasteiger partial charge in [-0.15, -0.1) is 11.3 Å². The fraction of sp³-hybridized carbons (Fsp3) is 0.385. The summed E-state index contributed by atoms with van der Waals surface area (Å²) in [4.78, 5) is 11.1. The van der Waals surface area contributed by atoms with E-state index in [0.717, 1.165) is 30.8 Å². The first-order valence-electron chi connectivity index (χ1n) is 6.49. The predicted molar refractivity (Wildman–Crippen MR) is 88.7 cm³/mol. The molecule has 2 heterocycles. The number of aryl methyl sites for hydroxylation is 2. The fourth-order valence-corrected chi connectivity index (χ4v) is 4.19. The molecule has 0 unspecified atom stereocenters. The van der Waals surface area contributed by atoms with Crippen molar-refractivity contribution in [3.05, 3.63) is 32.8 Å². The van der Waals surface area contributed by atoms with Crippen LogP contribution in [0.4, 0.5) is 9.57 Å². The standard InChI is InChI=1S/C13H15BrFN3O2S2/c1-9-12(21-8-17-9)4-3-5-18(2)10-6-11(14)13(16-7-10)22(15,19)20/h6-8H,3-5H2,1-2H3. The highest BCUT2D eigenvalue weighted by Crippen LogP contribution is 2.26. The zero-order valence-electron chi connectivity index (χ0n) is 12.1. The second-order valence-corrected chi connectivity index (χ2v) is 7.86. The van der Waals surface area contributed by atoms with Gasteiger partial charge >= 0.3 is 10.2 Å². The number of aromatic nitrogens is 2. The molecule has 0 saturated heterocycles. The van der Waals surface area contributed by atoms with Crippen molar-refractivity contribution in [2.45, 2.75) is 24.8 Å². The van der Waals surface area contributed by atoms with Gasteiger partial charge in [0.15, 0.2) is 0 Å². The van der Waals surface area contributed by atoms with Crippen LogP contribution in [0.15, 0.2) is 27.3 Å². The topological polar surface area (TPSA) is 63.2 Å². The van der Waals surface area contributed by atoms with Crippen LogP contribution in [0.25, 0.3) is 0 Å². The van der Waals surface area contributed by atoms with Crippen molar-refractivity contribution in [3.63, 3.8) is 0 Å². The van der Waals surface area contributed by atoms with Crippen LogP contribution < -0.4 is 4.90 Å². The SMILES string of the molecule is Cc1ncsc1CCCN(C)c1cnc(S(=O)(=O)F)c(Br)c1. The molecule has 0 spiro atoms. The Hall–Kier alpha value is -1.06. The van der Waals surface area contributed by atoms with E-state index in [2.05, 4.69) is 25.9 Å². The summed E-state index contributed by atoms with van der Waals surface area (Å²) in [6.45, 7) is 2.76. The number of hydrogen-bond donors (Lipinski definition) is 0. The van der Waals surface area contributed by atoms with Gasteiger partial charge in [-0.05, 0) is 41.8 Å². The van der Waals surface area contributed by atoms with E-state index in [1.54, 1.807) is 17.4 Å². The third-order valence-electron chi connectivity index (χ3n) is 3.21. The third-order valence-corrected chi connectivity index (χ3v) is 5.86. The van der Waals surface area contributed by atoms with Crippen LogP contribution in [0.3, 0.4) is 0 Å². The highest BCUT2D eigenvalue weighted by Gasteiger charge is 2.19. The quantitative estimate of drug-likeness (QED) is 0.687. The summed E-state index contributed by atoms with van der Waals surface area (Å²) in [7, 11) is -2.93. The van der Waals surface area contributed by atoms with Gasteiger partial charge in [0.1, 0.15) is 0 Å².